The van der Waals surface area contributed by atoms with Crippen LogP contribution in [0.25, 0.3) is 0 Å². The molecule has 0 saturated heterocycles. The van der Waals surface area contributed by atoms with Crippen LogP contribution in [-0.2, 0) is 9.53 Å². The van der Waals surface area contributed by atoms with Gasteiger partial charge in [0.2, 0.25) is 0 Å². The molecule has 0 saturated carbocycles. The summed E-state index contributed by atoms with van der Waals surface area (Å²) in [6.45, 7) is 3.13. The second-order valence-electron chi connectivity index (χ2n) is 4.41. The molecule has 0 bridgehead atoms. The molecule has 0 unspecified atom stereocenters. The number of carbonyl (C=O) groups excluding carboxylic acids is 2. The van der Waals surface area contributed by atoms with Crippen molar-refractivity contribution >= 4 is 29.2 Å². The molecule has 6 heteroatoms. The van der Waals surface area contributed by atoms with Gasteiger partial charge in [0.15, 0.2) is 6.10 Å². The Morgan fingerprint density at radius 1 is 1.29 bits per heavy atom. The number of halogens is 1. The van der Waals surface area contributed by atoms with E-state index < -0.39 is 18.0 Å². The Morgan fingerprint density at radius 2 is 2.00 bits per heavy atom. The SMILES string of the molecule is Cc1occc1C(=O)O[C@H](C)C(=O)Nc1ccccc1Cl. The summed E-state index contributed by atoms with van der Waals surface area (Å²) in [5.74, 6) is -0.626. The van der Waals surface area contributed by atoms with E-state index in [9.17, 15) is 9.59 Å². The van der Waals surface area contributed by atoms with Gasteiger partial charge in [0.25, 0.3) is 5.91 Å². The van der Waals surface area contributed by atoms with E-state index in [1.54, 1.807) is 31.2 Å². The molecule has 2 rings (SSSR count). The number of furan rings is 1. The summed E-state index contributed by atoms with van der Waals surface area (Å²) in [6.07, 6.45) is 0.434. The molecular formula is C15H14ClNO4. The summed E-state index contributed by atoms with van der Waals surface area (Å²) in [7, 11) is 0. The zero-order valence-electron chi connectivity index (χ0n) is 11.6. The lowest BCUT2D eigenvalue weighted by Gasteiger charge is -2.13. The highest BCUT2D eigenvalue weighted by molar-refractivity contribution is 6.33. The molecule has 1 aromatic heterocycles. The fourth-order valence-corrected chi connectivity index (χ4v) is 1.85. The summed E-state index contributed by atoms with van der Waals surface area (Å²) >= 11 is 5.95. The summed E-state index contributed by atoms with van der Waals surface area (Å²) < 4.78 is 10.1. The van der Waals surface area contributed by atoms with Crippen LogP contribution in [0, 0.1) is 6.92 Å². The van der Waals surface area contributed by atoms with Gasteiger partial charge in [0.1, 0.15) is 11.3 Å². The number of aryl methyl sites for hydroxylation is 1. The first-order valence-electron chi connectivity index (χ1n) is 6.29. The molecule has 5 nitrogen and oxygen atoms in total. The van der Waals surface area contributed by atoms with E-state index in [1.165, 1.54) is 19.3 Å². The predicted octanol–water partition coefficient (Wildman–Crippen LogP) is 3.43. The number of rotatable bonds is 4. The lowest BCUT2D eigenvalue weighted by Crippen LogP contribution is -2.30. The van der Waals surface area contributed by atoms with Gasteiger partial charge in [0, 0.05) is 0 Å². The number of carbonyl (C=O) groups is 2. The Labute approximate surface area is 126 Å². The fraction of sp³-hybridized carbons (Fsp3) is 0.200. The van der Waals surface area contributed by atoms with Crippen molar-refractivity contribution in [3.8, 4) is 0 Å². The highest BCUT2D eigenvalue weighted by Crippen LogP contribution is 2.21. The van der Waals surface area contributed by atoms with Crippen molar-refractivity contribution in [2.24, 2.45) is 0 Å². The van der Waals surface area contributed by atoms with Crippen LogP contribution >= 0.6 is 11.6 Å². The first-order valence-corrected chi connectivity index (χ1v) is 6.67. The van der Waals surface area contributed by atoms with E-state index in [4.69, 9.17) is 20.8 Å². The molecular weight excluding hydrogens is 294 g/mol. The van der Waals surface area contributed by atoms with E-state index in [1.807, 2.05) is 0 Å². The number of amides is 1. The standard InChI is InChI=1S/C15H14ClNO4/c1-9-11(7-8-20-9)15(19)21-10(2)14(18)17-13-6-4-3-5-12(13)16/h3-8,10H,1-2H3,(H,17,18)/t10-/m1/s1. The number of para-hydroxylation sites is 1. The van der Waals surface area contributed by atoms with Crippen LogP contribution in [0.5, 0.6) is 0 Å². The number of esters is 1. The first-order chi connectivity index (χ1) is 9.99. The van der Waals surface area contributed by atoms with E-state index >= 15 is 0 Å². The van der Waals surface area contributed by atoms with Crippen molar-refractivity contribution in [2.75, 3.05) is 5.32 Å². The second-order valence-corrected chi connectivity index (χ2v) is 4.81. The molecule has 1 aromatic carbocycles. The molecule has 0 aliphatic heterocycles. The van der Waals surface area contributed by atoms with E-state index in [0.717, 1.165) is 0 Å². The molecule has 0 fully saturated rings. The Kier molecular flexibility index (Phi) is 4.65. The largest absolute Gasteiger partial charge is 0.469 e. The molecule has 0 aliphatic rings. The van der Waals surface area contributed by atoms with Crippen molar-refractivity contribution in [3.05, 3.63) is 52.9 Å². The number of nitrogens with one attached hydrogen (secondary N) is 1. The van der Waals surface area contributed by atoms with Gasteiger partial charge < -0.3 is 14.5 Å². The van der Waals surface area contributed by atoms with Gasteiger partial charge in [-0.2, -0.15) is 0 Å². The van der Waals surface area contributed by atoms with Crippen molar-refractivity contribution in [3.63, 3.8) is 0 Å². The fourth-order valence-electron chi connectivity index (χ4n) is 1.67. The molecule has 110 valence electrons. The number of hydrogen-bond acceptors (Lipinski definition) is 4. The second kappa shape index (κ2) is 6.45. The Balaban J connectivity index is 1.99. The van der Waals surface area contributed by atoms with Crippen molar-refractivity contribution in [2.45, 2.75) is 20.0 Å². The minimum atomic E-state index is -0.955. The Hall–Kier alpha value is -2.27. The molecule has 1 amide bonds. The predicted molar refractivity (Wildman–Crippen MR) is 78.4 cm³/mol. The van der Waals surface area contributed by atoms with Gasteiger partial charge in [0.05, 0.1) is 17.0 Å². The number of hydrogen-bond donors (Lipinski definition) is 1. The third-order valence-electron chi connectivity index (χ3n) is 2.86. The zero-order valence-corrected chi connectivity index (χ0v) is 12.3. The van der Waals surface area contributed by atoms with Gasteiger partial charge >= 0.3 is 5.97 Å². The van der Waals surface area contributed by atoms with Crippen molar-refractivity contribution < 1.29 is 18.7 Å². The number of benzene rings is 1. The van der Waals surface area contributed by atoms with Gasteiger partial charge in [-0.25, -0.2) is 4.79 Å². The number of ether oxygens (including phenoxy) is 1. The topological polar surface area (TPSA) is 68.5 Å². The third-order valence-corrected chi connectivity index (χ3v) is 3.19. The normalized spacial score (nSPS) is 11.8. The smallest absolute Gasteiger partial charge is 0.342 e. The van der Waals surface area contributed by atoms with Crippen molar-refractivity contribution in [1.29, 1.82) is 0 Å². The molecule has 1 heterocycles. The Morgan fingerprint density at radius 3 is 2.62 bits per heavy atom. The van der Waals surface area contributed by atoms with Crippen LogP contribution in [0.2, 0.25) is 5.02 Å². The lowest BCUT2D eigenvalue weighted by atomic mass is 10.2. The average molecular weight is 308 g/mol. The minimum Gasteiger partial charge on any atom is -0.469 e. The van der Waals surface area contributed by atoms with Gasteiger partial charge in [-0.3, -0.25) is 4.79 Å². The zero-order chi connectivity index (χ0) is 15.4. The monoisotopic (exact) mass is 307 g/mol. The third kappa shape index (κ3) is 3.64. The summed E-state index contributed by atoms with van der Waals surface area (Å²) in [5, 5.41) is 3.02. The van der Waals surface area contributed by atoms with Crippen LogP contribution in [-0.4, -0.2) is 18.0 Å². The van der Waals surface area contributed by atoms with Crippen LogP contribution in [0.3, 0.4) is 0 Å². The average Bonchev–Trinajstić information content (AvgIpc) is 2.87. The van der Waals surface area contributed by atoms with Gasteiger partial charge in [-0.1, -0.05) is 23.7 Å². The maximum Gasteiger partial charge on any atom is 0.342 e. The molecule has 21 heavy (non-hydrogen) atoms. The highest BCUT2D eigenvalue weighted by Gasteiger charge is 2.21. The van der Waals surface area contributed by atoms with Gasteiger partial charge in [-0.05, 0) is 32.0 Å². The molecule has 0 aliphatic carbocycles. The van der Waals surface area contributed by atoms with Crippen molar-refractivity contribution in [1.82, 2.24) is 0 Å². The molecule has 1 N–H and O–H groups in total. The van der Waals surface area contributed by atoms with Crippen LogP contribution in [0.4, 0.5) is 5.69 Å². The summed E-state index contributed by atoms with van der Waals surface area (Å²) in [4.78, 5) is 23.9. The maximum atomic E-state index is 12.0. The van der Waals surface area contributed by atoms with Gasteiger partial charge in [-0.15, -0.1) is 0 Å². The van der Waals surface area contributed by atoms with E-state index in [2.05, 4.69) is 5.32 Å². The number of anilines is 1. The summed E-state index contributed by atoms with van der Waals surface area (Å²) in [6, 6.07) is 8.31. The van der Waals surface area contributed by atoms with Crippen LogP contribution < -0.4 is 5.32 Å². The maximum absolute atomic E-state index is 12.0. The van der Waals surface area contributed by atoms with Crippen LogP contribution in [0.1, 0.15) is 23.0 Å². The molecule has 0 radical (unpaired) electrons. The minimum absolute atomic E-state index is 0.299. The first kappa shape index (κ1) is 15.1. The molecule has 0 spiro atoms. The molecule has 1 atom stereocenters. The summed E-state index contributed by atoms with van der Waals surface area (Å²) in [5.41, 5.74) is 0.763. The van der Waals surface area contributed by atoms with Crippen LogP contribution in [0.15, 0.2) is 41.0 Å². The molecule has 2 aromatic rings. The Bertz CT molecular complexity index is 665. The highest BCUT2D eigenvalue weighted by atomic mass is 35.5. The quantitative estimate of drug-likeness (QED) is 0.879. The van der Waals surface area contributed by atoms with E-state index in [-0.39, 0.29) is 0 Å². The van der Waals surface area contributed by atoms with E-state index in [0.29, 0.717) is 22.0 Å². The lowest BCUT2D eigenvalue weighted by molar-refractivity contribution is -0.123.